The van der Waals surface area contributed by atoms with Gasteiger partial charge in [-0.05, 0) is 31.0 Å². The van der Waals surface area contributed by atoms with Gasteiger partial charge in [0.1, 0.15) is 0 Å². The lowest BCUT2D eigenvalue weighted by molar-refractivity contribution is -0.118. The first-order valence-electron chi connectivity index (χ1n) is 7.46. The molecule has 120 valence electrons. The fourth-order valence-corrected chi connectivity index (χ4v) is 2.38. The summed E-state index contributed by atoms with van der Waals surface area (Å²) in [7, 11) is 0. The molecular weight excluding hydrogens is 304 g/mol. The molecule has 1 aromatic rings. The van der Waals surface area contributed by atoms with Crippen LogP contribution in [0.4, 0.5) is 5.69 Å². The first kappa shape index (κ1) is 16.8. The quantitative estimate of drug-likeness (QED) is 0.895. The first-order chi connectivity index (χ1) is 10.5. The van der Waals surface area contributed by atoms with Gasteiger partial charge in [0.25, 0.3) is 5.91 Å². The van der Waals surface area contributed by atoms with Crippen molar-refractivity contribution < 1.29 is 14.3 Å². The zero-order chi connectivity index (χ0) is 16.1. The molecule has 22 heavy (non-hydrogen) atoms. The molecule has 1 atom stereocenters. The van der Waals surface area contributed by atoms with E-state index >= 15 is 0 Å². The maximum Gasteiger partial charge on any atom is 0.253 e. The highest BCUT2D eigenvalue weighted by Crippen LogP contribution is 2.21. The summed E-state index contributed by atoms with van der Waals surface area (Å²) >= 11 is 6.10. The number of anilines is 1. The summed E-state index contributed by atoms with van der Waals surface area (Å²) in [5.74, 6) is -0.483. The van der Waals surface area contributed by atoms with E-state index in [4.69, 9.17) is 16.3 Å². The SMILES string of the molecule is CC(C)C(=O)Nc1ccc(Cl)c(C(=O)NC2CCCOC2)c1. The summed E-state index contributed by atoms with van der Waals surface area (Å²) in [5.41, 5.74) is 0.918. The predicted octanol–water partition coefficient (Wildman–Crippen LogP) is 2.84. The maximum absolute atomic E-state index is 12.3. The molecule has 1 aliphatic rings. The van der Waals surface area contributed by atoms with Gasteiger partial charge >= 0.3 is 0 Å². The molecule has 0 aliphatic carbocycles. The van der Waals surface area contributed by atoms with Crippen molar-refractivity contribution in [1.29, 1.82) is 0 Å². The lowest BCUT2D eigenvalue weighted by Crippen LogP contribution is -2.40. The highest BCUT2D eigenvalue weighted by Gasteiger charge is 2.19. The Bertz CT molecular complexity index is 554. The molecule has 1 unspecified atom stereocenters. The molecule has 0 bridgehead atoms. The van der Waals surface area contributed by atoms with Gasteiger partial charge in [0, 0.05) is 18.2 Å². The van der Waals surface area contributed by atoms with Crippen LogP contribution in [0.2, 0.25) is 5.02 Å². The molecule has 5 nitrogen and oxygen atoms in total. The van der Waals surface area contributed by atoms with Gasteiger partial charge in [0.05, 0.1) is 23.2 Å². The van der Waals surface area contributed by atoms with Crippen LogP contribution in [0.3, 0.4) is 0 Å². The van der Waals surface area contributed by atoms with E-state index in [0.717, 1.165) is 19.4 Å². The van der Waals surface area contributed by atoms with Gasteiger partial charge in [-0.3, -0.25) is 9.59 Å². The third kappa shape index (κ3) is 4.45. The Morgan fingerprint density at radius 3 is 2.77 bits per heavy atom. The van der Waals surface area contributed by atoms with Crippen molar-refractivity contribution in [2.45, 2.75) is 32.7 Å². The van der Waals surface area contributed by atoms with Gasteiger partial charge in [-0.25, -0.2) is 0 Å². The Morgan fingerprint density at radius 1 is 1.36 bits per heavy atom. The average molecular weight is 325 g/mol. The van der Waals surface area contributed by atoms with Gasteiger partial charge in [-0.15, -0.1) is 0 Å². The fourth-order valence-electron chi connectivity index (χ4n) is 2.18. The van der Waals surface area contributed by atoms with Crippen molar-refractivity contribution in [2.75, 3.05) is 18.5 Å². The molecule has 0 saturated carbocycles. The second-order valence-corrected chi connectivity index (χ2v) is 6.13. The van der Waals surface area contributed by atoms with Crippen LogP contribution in [0.15, 0.2) is 18.2 Å². The average Bonchev–Trinajstić information content (AvgIpc) is 2.50. The predicted molar refractivity (Wildman–Crippen MR) is 86.2 cm³/mol. The topological polar surface area (TPSA) is 67.4 Å². The van der Waals surface area contributed by atoms with Crippen LogP contribution in [0, 0.1) is 5.92 Å². The normalized spacial score (nSPS) is 18.1. The first-order valence-corrected chi connectivity index (χ1v) is 7.84. The molecule has 2 rings (SSSR count). The van der Waals surface area contributed by atoms with E-state index in [1.165, 1.54) is 0 Å². The van der Waals surface area contributed by atoms with E-state index in [9.17, 15) is 9.59 Å². The molecule has 2 N–H and O–H groups in total. The summed E-state index contributed by atoms with van der Waals surface area (Å²) in [6.07, 6.45) is 1.83. The molecule has 6 heteroatoms. The lowest BCUT2D eigenvalue weighted by atomic mass is 10.1. The van der Waals surface area contributed by atoms with Crippen LogP contribution in [0.1, 0.15) is 37.0 Å². The third-order valence-electron chi connectivity index (χ3n) is 3.50. The fraction of sp³-hybridized carbons (Fsp3) is 0.500. The number of rotatable bonds is 4. The zero-order valence-corrected chi connectivity index (χ0v) is 13.6. The Labute approximate surface area is 135 Å². The number of halogens is 1. The van der Waals surface area contributed by atoms with Crippen LogP contribution >= 0.6 is 11.6 Å². The molecule has 0 radical (unpaired) electrons. The lowest BCUT2D eigenvalue weighted by Gasteiger charge is -2.23. The summed E-state index contributed by atoms with van der Waals surface area (Å²) in [5, 5.41) is 6.04. The molecule has 1 aromatic carbocycles. The van der Waals surface area contributed by atoms with Gasteiger partial charge in [-0.2, -0.15) is 0 Å². The molecule has 1 heterocycles. The van der Waals surface area contributed by atoms with E-state index in [1.54, 1.807) is 18.2 Å². The molecular formula is C16H21ClN2O3. The minimum absolute atomic E-state index is 0.00577. The van der Waals surface area contributed by atoms with Crippen LogP contribution < -0.4 is 10.6 Å². The van der Waals surface area contributed by atoms with Gasteiger partial charge in [0.2, 0.25) is 5.91 Å². The molecule has 1 aliphatic heterocycles. The monoisotopic (exact) mass is 324 g/mol. The van der Waals surface area contributed by atoms with E-state index in [1.807, 2.05) is 13.8 Å². The Hall–Kier alpha value is -1.59. The minimum atomic E-state index is -0.249. The molecule has 0 spiro atoms. The summed E-state index contributed by atoms with van der Waals surface area (Å²) in [6.45, 7) is 4.88. The maximum atomic E-state index is 12.3. The second-order valence-electron chi connectivity index (χ2n) is 5.73. The van der Waals surface area contributed by atoms with E-state index in [2.05, 4.69) is 10.6 Å². The third-order valence-corrected chi connectivity index (χ3v) is 3.83. The van der Waals surface area contributed by atoms with Gasteiger partial charge < -0.3 is 15.4 Å². The van der Waals surface area contributed by atoms with E-state index in [0.29, 0.717) is 22.9 Å². The van der Waals surface area contributed by atoms with Crippen LogP contribution in [-0.2, 0) is 9.53 Å². The van der Waals surface area contributed by atoms with E-state index < -0.39 is 0 Å². The number of hydrogen-bond acceptors (Lipinski definition) is 3. The van der Waals surface area contributed by atoms with Crippen molar-refractivity contribution in [3.8, 4) is 0 Å². The Kier molecular flexibility index (Phi) is 5.80. The smallest absolute Gasteiger partial charge is 0.253 e. The summed E-state index contributed by atoms with van der Waals surface area (Å²) in [4.78, 5) is 24.1. The number of amides is 2. The molecule has 2 amide bonds. The number of hydrogen-bond donors (Lipinski definition) is 2. The molecule has 1 saturated heterocycles. The Balaban J connectivity index is 2.08. The van der Waals surface area contributed by atoms with Gasteiger partial charge in [0.15, 0.2) is 0 Å². The number of benzene rings is 1. The van der Waals surface area contributed by atoms with Gasteiger partial charge in [-0.1, -0.05) is 25.4 Å². The van der Waals surface area contributed by atoms with Crippen LogP contribution in [0.25, 0.3) is 0 Å². The van der Waals surface area contributed by atoms with Crippen LogP contribution in [-0.4, -0.2) is 31.1 Å². The number of nitrogens with one attached hydrogen (secondary N) is 2. The van der Waals surface area contributed by atoms with Crippen molar-refractivity contribution in [3.63, 3.8) is 0 Å². The second kappa shape index (κ2) is 7.61. The summed E-state index contributed by atoms with van der Waals surface area (Å²) < 4.78 is 5.35. The van der Waals surface area contributed by atoms with Crippen molar-refractivity contribution in [2.24, 2.45) is 5.92 Å². The van der Waals surface area contributed by atoms with E-state index in [-0.39, 0.29) is 23.8 Å². The van der Waals surface area contributed by atoms with Crippen LogP contribution in [0.5, 0.6) is 0 Å². The molecule has 1 fully saturated rings. The standard InChI is InChI=1S/C16H21ClN2O3/c1-10(2)15(20)18-11-5-6-14(17)13(8-11)16(21)19-12-4-3-7-22-9-12/h5-6,8,10,12H,3-4,7,9H2,1-2H3,(H,18,20)(H,19,21). The number of carbonyl (C=O) groups is 2. The van der Waals surface area contributed by atoms with Crippen molar-refractivity contribution in [3.05, 3.63) is 28.8 Å². The number of ether oxygens (including phenoxy) is 1. The van der Waals surface area contributed by atoms with Crippen molar-refractivity contribution in [1.82, 2.24) is 5.32 Å². The number of carbonyl (C=O) groups excluding carboxylic acids is 2. The summed E-state index contributed by atoms with van der Waals surface area (Å²) in [6, 6.07) is 4.90. The van der Waals surface area contributed by atoms with Crippen molar-refractivity contribution >= 4 is 29.1 Å². The Morgan fingerprint density at radius 2 is 2.14 bits per heavy atom. The minimum Gasteiger partial charge on any atom is -0.379 e. The highest BCUT2D eigenvalue weighted by atomic mass is 35.5. The molecule has 0 aromatic heterocycles. The zero-order valence-electron chi connectivity index (χ0n) is 12.8. The largest absolute Gasteiger partial charge is 0.379 e. The highest BCUT2D eigenvalue weighted by molar-refractivity contribution is 6.34.